The second-order valence-electron chi connectivity index (χ2n) is 6.22. The van der Waals surface area contributed by atoms with Crippen LogP contribution in [0.1, 0.15) is 30.7 Å². The highest BCUT2D eigenvalue weighted by molar-refractivity contribution is 7.92. The van der Waals surface area contributed by atoms with Gasteiger partial charge in [0, 0.05) is 23.2 Å². The molecule has 27 heavy (non-hydrogen) atoms. The van der Waals surface area contributed by atoms with E-state index in [9.17, 15) is 13.2 Å². The molecular weight excluding hydrogens is 386 g/mol. The van der Waals surface area contributed by atoms with Gasteiger partial charge in [0.05, 0.1) is 24.6 Å². The van der Waals surface area contributed by atoms with Crippen molar-refractivity contribution in [2.24, 2.45) is 0 Å². The van der Waals surface area contributed by atoms with E-state index in [0.717, 1.165) is 12.8 Å². The van der Waals surface area contributed by atoms with Gasteiger partial charge in [0.25, 0.3) is 0 Å². The molecule has 0 radical (unpaired) electrons. The molecule has 0 spiro atoms. The molecule has 2 amide bonds. The molecule has 0 bridgehead atoms. The minimum absolute atomic E-state index is 0.0340. The van der Waals surface area contributed by atoms with Crippen molar-refractivity contribution in [2.45, 2.75) is 25.8 Å². The molecule has 3 rings (SSSR count). The fourth-order valence-electron chi connectivity index (χ4n) is 3.07. The van der Waals surface area contributed by atoms with Crippen LogP contribution >= 0.6 is 11.3 Å². The predicted molar refractivity (Wildman–Crippen MR) is 108 cm³/mol. The van der Waals surface area contributed by atoms with Crippen molar-refractivity contribution in [2.75, 3.05) is 29.4 Å². The fourth-order valence-corrected chi connectivity index (χ4v) is 4.60. The first-order valence-corrected chi connectivity index (χ1v) is 11.3. The number of amides is 2. The summed E-state index contributed by atoms with van der Waals surface area (Å²) in [6.45, 7) is 2.27. The zero-order chi connectivity index (χ0) is 19.4. The number of likely N-dealkylation sites (tertiary alicyclic amines) is 1. The summed E-state index contributed by atoms with van der Waals surface area (Å²) in [5.41, 5.74) is 0.892. The molecule has 1 aliphatic heterocycles. The number of hydrogen-bond acceptors (Lipinski definition) is 5. The van der Waals surface area contributed by atoms with Gasteiger partial charge in [-0.05, 0) is 43.3 Å². The Bertz CT molecular complexity index is 897. The Morgan fingerprint density at radius 2 is 2.19 bits per heavy atom. The highest BCUT2D eigenvalue weighted by Gasteiger charge is 2.30. The number of thiophene rings is 1. The normalized spacial score (nSPS) is 17.0. The van der Waals surface area contributed by atoms with Crippen LogP contribution in [0.25, 0.3) is 0 Å². The quantitative estimate of drug-likeness (QED) is 0.758. The molecule has 1 unspecified atom stereocenters. The Hall–Kier alpha value is -2.26. The van der Waals surface area contributed by atoms with Crippen molar-refractivity contribution in [1.29, 1.82) is 0 Å². The number of nitrogens with one attached hydrogen (secondary N) is 2. The molecule has 1 fully saturated rings. The van der Waals surface area contributed by atoms with Crippen LogP contribution in [0, 0.1) is 0 Å². The molecule has 7 nitrogen and oxygen atoms in total. The number of carbonyl (C=O) groups excluding carboxylic acids is 1. The van der Waals surface area contributed by atoms with E-state index in [1.807, 2.05) is 16.3 Å². The topological polar surface area (TPSA) is 87.7 Å². The zero-order valence-electron chi connectivity index (χ0n) is 15.3. The molecule has 0 aliphatic carbocycles. The largest absolute Gasteiger partial charge is 0.494 e. The standard InChI is InChI=1S/C18H23N3O4S2/c1-3-27(23,24)20-14-9-8-13(12-16(14)25-2)19-18(22)21-10-4-6-15(21)17-7-5-11-26-17/h5,7-9,11-12,15,20H,3-4,6,10H2,1-2H3,(H,19,22). The van der Waals surface area contributed by atoms with Gasteiger partial charge >= 0.3 is 6.03 Å². The number of sulfonamides is 1. The maximum Gasteiger partial charge on any atom is 0.322 e. The lowest BCUT2D eigenvalue weighted by Gasteiger charge is -2.24. The summed E-state index contributed by atoms with van der Waals surface area (Å²) in [5, 5.41) is 4.91. The summed E-state index contributed by atoms with van der Waals surface area (Å²) in [7, 11) is -1.95. The number of benzene rings is 1. The van der Waals surface area contributed by atoms with Crippen molar-refractivity contribution < 1.29 is 17.9 Å². The van der Waals surface area contributed by atoms with Crippen molar-refractivity contribution in [3.63, 3.8) is 0 Å². The summed E-state index contributed by atoms with van der Waals surface area (Å²) >= 11 is 1.66. The summed E-state index contributed by atoms with van der Waals surface area (Å²) in [6.07, 6.45) is 1.92. The average Bonchev–Trinajstić information content (AvgIpc) is 3.33. The minimum Gasteiger partial charge on any atom is -0.494 e. The predicted octanol–water partition coefficient (Wildman–Crippen LogP) is 3.89. The number of rotatable bonds is 6. The summed E-state index contributed by atoms with van der Waals surface area (Å²) in [6, 6.07) is 8.83. The van der Waals surface area contributed by atoms with E-state index in [1.54, 1.807) is 36.5 Å². The Morgan fingerprint density at radius 1 is 1.37 bits per heavy atom. The smallest absolute Gasteiger partial charge is 0.322 e. The van der Waals surface area contributed by atoms with Gasteiger partial charge in [0.1, 0.15) is 5.75 Å². The number of ether oxygens (including phenoxy) is 1. The van der Waals surface area contributed by atoms with Crippen molar-refractivity contribution in [1.82, 2.24) is 4.90 Å². The fraction of sp³-hybridized carbons (Fsp3) is 0.389. The Labute approximate surface area is 163 Å². The lowest BCUT2D eigenvalue weighted by molar-refractivity contribution is 0.208. The van der Waals surface area contributed by atoms with Gasteiger partial charge in [0.2, 0.25) is 10.0 Å². The lowest BCUT2D eigenvalue weighted by Crippen LogP contribution is -2.34. The third-order valence-corrected chi connectivity index (χ3v) is 6.75. The van der Waals surface area contributed by atoms with E-state index < -0.39 is 10.0 Å². The highest BCUT2D eigenvalue weighted by Crippen LogP contribution is 2.35. The van der Waals surface area contributed by atoms with E-state index in [0.29, 0.717) is 23.7 Å². The maximum absolute atomic E-state index is 12.7. The van der Waals surface area contributed by atoms with E-state index in [4.69, 9.17) is 4.74 Å². The van der Waals surface area contributed by atoms with Gasteiger partial charge in [-0.2, -0.15) is 0 Å². The molecular formula is C18H23N3O4S2. The molecule has 2 heterocycles. The van der Waals surface area contributed by atoms with Gasteiger partial charge in [-0.3, -0.25) is 4.72 Å². The van der Waals surface area contributed by atoms with Gasteiger partial charge < -0.3 is 15.0 Å². The first kappa shape index (κ1) is 19.5. The number of carbonyl (C=O) groups is 1. The minimum atomic E-state index is -3.41. The van der Waals surface area contributed by atoms with Gasteiger partial charge in [-0.15, -0.1) is 11.3 Å². The number of hydrogen-bond donors (Lipinski definition) is 2. The molecule has 1 aromatic heterocycles. The third-order valence-electron chi connectivity index (χ3n) is 4.48. The molecule has 2 N–H and O–H groups in total. The van der Waals surface area contributed by atoms with Crippen LogP contribution in [-0.2, 0) is 10.0 Å². The van der Waals surface area contributed by atoms with Gasteiger partial charge in [-0.1, -0.05) is 6.07 Å². The molecule has 1 atom stereocenters. The molecule has 1 aromatic carbocycles. The monoisotopic (exact) mass is 409 g/mol. The van der Waals surface area contributed by atoms with Gasteiger partial charge in [-0.25, -0.2) is 13.2 Å². The first-order chi connectivity index (χ1) is 12.9. The molecule has 2 aromatic rings. The van der Waals surface area contributed by atoms with Gasteiger partial charge in [0.15, 0.2) is 0 Å². The number of methoxy groups -OCH3 is 1. The number of nitrogens with zero attached hydrogens (tertiary/aromatic N) is 1. The molecule has 9 heteroatoms. The molecule has 1 aliphatic rings. The molecule has 146 valence electrons. The van der Waals surface area contributed by atoms with Crippen molar-refractivity contribution >= 4 is 38.8 Å². The van der Waals surface area contributed by atoms with Crippen LogP contribution in [-0.4, -0.2) is 38.8 Å². The van der Waals surface area contributed by atoms with E-state index in [-0.39, 0.29) is 17.8 Å². The first-order valence-electron chi connectivity index (χ1n) is 8.73. The summed E-state index contributed by atoms with van der Waals surface area (Å²) in [5.74, 6) is 0.314. The molecule has 1 saturated heterocycles. The van der Waals surface area contributed by atoms with Crippen molar-refractivity contribution in [3.8, 4) is 5.75 Å². The van der Waals surface area contributed by atoms with Crippen molar-refractivity contribution in [3.05, 3.63) is 40.6 Å². The van der Waals surface area contributed by atoms with Crippen LogP contribution in [0.5, 0.6) is 5.75 Å². The van der Waals surface area contributed by atoms with Crippen LogP contribution in [0.15, 0.2) is 35.7 Å². The van der Waals surface area contributed by atoms with E-state index in [2.05, 4.69) is 16.1 Å². The van der Waals surface area contributed by atoms with E-state index >= 15 is 0 Å². The average molecular weight is 410 g/mol. The van der Waals surface area contributed by atoms with E-state index in [1.165, 1.54) is 12.0 Å². The SMILES string of the molecule is CCS(=O)(=O)Nc1ccc(NC(=O)N2CCCC2c2cccs2)cc1OC. The lowest BCUT2D eigenvalue weighted by atomic mass is 10.2. The van der Waals surface area contributed by atoms with Crippen LogP contribution in [0.3, 0.4) is 0 Å². The Morgan fingerprint density at radius 3 is 2.85 bits per heavy atom. The number of anilines is 2. The highest BCUT2D eigenvalue weighted by atomic mass is 32.2. The van der Waals surface area contributed by atoms with Crippen LogP contribution in [0.4, 0.5) is 16.2 Å². The zero-order valence-corrected chi connectivity index (χ0v) is 16.9. The maximum atomic E-state index is 12.7. The molecule has 0 saturated carbocycles. The Balaban J connectivity index is 1.74. The number of urea groups is 1. The van der Waals surface area contributed by atoms with Crippen LogP contribution in [0.2, 0.25) is 0 Å². The summed E-state index contributed by atoms with van der Waals surface area (Å²) < 4.78 is 31.3. The van der Waals surface area contributed by atoms with Crippen LogP contribution < -0.4 is 14.8 Å². The second-order valence-corrected chi connectivity index (χ2v) is 9.21. The third kappa shape index (κ3) is 4.54. The second kappa shape index (κ2) is 8.18. The Kier molecular flexibility index (Phi) is 5.91. The summed E-state index contributed by atoms with van der Waals surface area (Å²) in [4.78, 5) is 15.8.